The van der Waals surface area contributed by atoms with Gasteiger partial charge in [0.15, 0.2) is 0 Å². The van der Waals surface area contributed by atoms with Crippen molar-refractivity contribution >= 4 is 21.2 Å². The zero-order valence-electron chi connectivity index (χ0n) is 13.2. The van der Waals surface area contributed by atoms with E-state index in [9.17, 15) is 12.8 Å². The van der Waals surface area contributed by atoms with E-state index < -0.39 is 10.0 Å². The summed E-state index contributed by atoms with van der Waals surface area (Å²) in [6, 6.07) is 12.9. The van der Waals surface area contributed by atoms with Crippen LogP contribution in [-0.2, 0) is 10.0 Å². The summed E-state index contributed by atoms with van der Waals surface area (Å²) in [4.78, 5) is 0.0872. The molecule has 0 bridgehead atoms. The summed E-state index contributed by atoms with van der Waals surface area (Å²) in [5.74, 6) is 0.0328. The Labute approximate surface area is 141 Å². The Morgan fingerprint density at radius 2 is 1.38 bits per heavy atom. The molecule has 0 amide bonds. The average molecular weight is 343 g/mol. The van der Waals surface area contributed by atoms with Crippen LogP contribution in [0.4, 0.5) is 4.39 Å². The Hall–Kier alpha value is -2.24. The first-order valence-corrected chi connectivity index (χ1v) is 9.26. The molecule has 1 unspecified atom stereocenters. The quantitative estimate of drug-likeness (QED) is 0.913. The number of allylic oxidation sites excluding steroid dienone is 4. The van der Waals surface area contributed by atoms with Gasteiger partial charge in [0.05, 0.1) is 4.90 Å². The normalized spacial score (nSPS) is 17.5. The highest BCUT2D eigenvalue weighted by Gasteiger charge is 2.20. The standard InChI is InChI=1S/C19H18FNO2S/c1-2-13-11-18(14-3-7-16(20)8-4-14)19(12-13)15-5-9-17(10-6-15)24(21,22)23/h3-13H,2H2,1H3,(H2,21,22,23). The number of hydrogen-bond donors (Lipinski definition) is 1. The lowest BCUT2D eigenvalue weighted by Gasteiger charge is -2.10. The number of hydrogen-bond acceptors (Lipinski definition) is 2. The van der Waals surface area contributed by atoms with Gasteiger partial charge in [-0.15, -0.1) is 0 Å². The van der Waals surface area contributed by atoms with E-state index in [1.54, 1.807) is 24.3 Å². The van der Waals surface area contributed by atoms with Crippen molar-refractivity contribution in [2.75, 3.05) is 0 Å². The molecule has 0 aromatic heterocycles. The van der Waals surface area contributed by atoms with E-state index in [1.165, 1.54) is 24.3 Å². The van der Waals surface area contributed by atoms with Crippen molar-refractivity contribution in [1.29, 1.82) is 0 Å². The SMILES string of the molecule is CCC1C=C(c2ccc(F)cc2)C(c2ccc(S(N)(=O)=O)cc2)=C1. The highest BCUT2D eigenvalue weighted by Crippen LogP contribution is 2.39. The molecule has 124 valence electrons. The van der Waals surface area contributed by atoms with E-state index in [2.05, 4.69) is 19.1 Å². The van der Waals surface area contributed by atoms with Crippen molar-refractivity contribution in [2.24, 2.45) is 11.1 Å². The topological polar surface area (TPSA) is 60.2 Å². The molecule has 1 atom stereocenters. The van der Waals surface area contributed by atoms with Gasteiger partial charge in [0.25, 0.3) is 0 Å². The van der Waals surface area contributed by atoms with Gasteiger partial charge in [-0.3, -0.25) is 0 Å². The van der Waals surface area contributed by atoms with E-state index in [0.29, 0.717) is 5.92 Å². The molecular weight excluding hydrogens is 325 g/mol. The van der Waals surface area contributed by atoms with Crippen molar-refractivity contribution in [3.05, 3.63) is 77.6 Å². The number of nitrogens with two attached hydrogens (primary N) is 1. The molecule has 0 heterocycles. The minimum Gasteiger partial charge on any atom is -0.225 e. The minimum atomic E-state index is -3.70. The molecule has 0 spiro atoms. The second kappa shape index (κ2) is 6.34. The first-order chi connectivity index (χ1) is 11.4. The summed E-state index contributed by atoms with van der Waals surface area (Å²) in [5, 5.41) is 5.15. The lowest BCUT2D eigenvalue weighted by molar-refractivity contribution is 0.598. The van der Waals surface area contributed by atoms with E-state index in [-0.39, 0.29) is 10.7 Å². The van der Waals surface area contributed by atoms with Gasteiger partial charge in [0, 0.05) is 0 Å². The molecule has 24 heavy (non-hydrogen) atoms. The van der Waals surface area contributed by atoms with Crippen LogP contribution in [0, 0.1) is 11.7 Å². The molecule has 3 nitrogen and oxygen atoms in total. The Balaban J connectivity index is 2.01. The van der Waals surface area contributed by atoms with Crippen LogP contribution in [-0.4, -0.2) is 8.42 Å². The van der Waals surface area contributed by atoms with Gasteiger partial charge in [0.2, 0.25) is 10.0 Å². The van der Waals surface area contributed by atoms with Crippen LogP contribution >= 0.6 is 0 Å². The number of benzene rings is 2. The Morgan fingerprint density at radius 3 is 1.79 bits per heavy atom. The average Bonchev–Trinajstić information content (AvgIpc) is 2.99. The van der Waals surface area contributed by atoms with Crippen molar-refractivity contribution in [3.8, 4) is 0 Å². The fourth-order valence-corrected chi connectivity index (χ4v) is 3.36. The van der Waals surface area contributed by atoms with E-state index >= 15 is 0 Å². The lowest BCUT2D eigenvalue weighted by atomic mass is 9.95. The highest BCUT2D eigenvalue weighted by molar-refractivity contribution is 7.89. The number of rotatable bonds is 4. The van der Waals surface area contributed by atoms with Crippen LogP contribution in [0.5, 0.6) is 0 Å². The molecular formula is C19H18FNO2S. The number of primary sulfonamides is 1. The second-order valence-electron chi connectivity index (χ2n) is 5.81. The fraction of sp³-hybridized carbons (Fsp3) is 0.158. The van der Waals surface area contributed by atoms with Gasteiger partial charge in [0.1, 0.15) is 5.82 Å². The predicted octanol–water partition coefficient (Wildman–Crippen LogP) is 3.98. The van der Waals surface area contributed by atoms with Crippen LogP contribution in [0.2, 0.25) is 0 Å². The second-order valence-corrected chi connectivity index (χ2v) is 7.37. The third-order valence-electron chi connectivity index (χ3n) is 4.17. The molecule has 1 aliphatic carbocycles. The minimum absolute atomic E-state index is 0.0872. The van der Waals surface area contributed by atoms with Crippen LogP contribution in [0.25, 0.3) is 11.1 Å². The van der Waals surface area contributed by atoms with Crippen LogP contribution < -0.4 is 5.14 Å². The highest BCUT2D eigenvalue weighted by atomic mass is 32.2. The van der Waals surface area contributed by atoms with E-state index in [0.717, 1.165) is 28.7 Å². The summed E-state index contributed by atoms with van der Waals surface area (Å²) in [6.07, 6.45) is 5.28. The van der Waals surface area contributed by atoms with Gasteiger partial charge in [-0.25, -0.2) is 17.9 Å². The molecule has 2 aromatic carbocycles. The zero-order chi connectivity index (χ0) is 17.3. The van der Waals surface area contributed by atoms with Gasteiger partial charge < -0.3 is 0 Å². The van der Waals surface area contributed by atoms with Crippen LogP contribution in [0.1, 0.15) is 24.5 Å². The summed E-state index contributed by atoms with van der Waals surface area (Å²) in [6.45, 7) is 2.10. The van der Waals surface area contributed by atoms with Gasteiger partial charge in [-0.1, -0.05) is 43.3 Å². The van der Waals surface area contributed by atoms with Gasteiger partial charge in [-0.2, -0.15) is 0 Å². The summed E-state index contributed by atoms with van der Waals surface area (Å²) in [7, 11) is -3.70. The number of halogens is 1. The molecule has 3 rings (SSSR count). The maximum absolute atomic E-state index is 13.2. The Kier molecular flexibility index (Phi) is 4.39. The monoisotopic (exact) mass is 343 g/mol. The molecule has 0 fully saturated rings. The fourth-order valence-electron chi connectivity index (χ4n) is 2.85. The van der Waals surface area contributed by atoms with Crippen LogP contribution in [0.3, 0.4) is 0 Å². The molecule has 2 N–H and O–H groups in total. The van der Waals surface area contributed by atoms with Gasteiger partial charge >= 0.3 is 0 Å². The lowest BCUT2D eigenvalue weighted by Crippen LogP contribution is -2.11. The number of sulfonamides is 1. The van der Waals surface area contributed by atoms with Crippen molar-refractivity contribution in [3.63, 3.8) is 0 Å². The summed E-state index contributed by atoms with van der Waals surface area (Å²) < 4.78 is 36.0. The van der Waals surface area contributed by atoms with Crippen molar-refractivity contribution < 1.29 is 12.8 Å². The van der Waals surface area contributed by atoms with Crippen molar-refractivity contribution in [1.82, 2.24) is 0 Å². The van der Waals surface area contributed by atoms with Crippen molar-refractivity contribution in [2.45, 2.75) is 18.2 Å². The smallest absolute Gasteiger partial charge is 0.225 e. The molecule has 0 aliphatic heterocycles. The first-order valence-electron chi connectivity index (χ1n) is 7.71. The Bertz CT molecular complexity index is 911. The van der Waals surface area contributed by atoms with E-state index in [4.69, 9.17) is 5.14 Å². The van der Waals surface area contributed by atoms with Gasteiger partial charge in [-0.05, 0) is 58.9 Å². The largest absolute Gasteiger partial charge is 0.238 e. The third kappa shape index (κ3) is 3.32. The molecule has 0 saturated heterocycles. The maximum atomic E-state index is 13.2. The molecule has 2 aromatic rings. The first kappa shape index (κ1) is 16.6. The summed E-state index contributed by atoms with van der Waals surface area (Å²) >= 11 is 0. The Morgan fingerprint density at radius 1 is 0.917 bits per heavy atom. The third-order valence-corrected chi connectivity index (χ3v) is 5.10. The maximum Gasteiger partial charge on any atom is 0.238 e. The van der Waals surface area contributed by atoms with Crippen LogP contribution in [0.15, 0.2) is 65.6 Å². The molecule has 5 heteroatoms. The predicted molar refractivity (Wildman–Crippen MR) is 94.0 cm³/mol. The molecule has 1 aliphatic rings. The molecule has 0 radical (unpaired) electrons. The summed E-state index contributed by atoms with van der Waals surface area (Å²) in [5.41, 5.74) is 3.91. The molecule has 0 saturated carbocycles. The van der Waals surface area contributed by atoms with E-state index in [1.807, 2.05) is 0 Å². The zero-order valence-corrected chi connectivity index (χ0v) is 14.1.